The molecule has 0 aliphatic carbocycles. The Hall–Kier alpha value is -0.465. The molecule has 1 aliphatic heterocycles. The molecular weight excluding hydrogens is 137 g/mol. The molecule has 62 valence electrons. The minimum absolute atomic E-state index is 0.233. The van der Waals surface area contributed by atoms with Crippen molar-refractivity contribution in [2.45, 2.75) is 32.3 Å². The highest BCUT2D eigenvalue weighted by atomic mass is 16.1. The van der Waals surface area contributed by atoms with E-state index in [9.17, 15) is 4.79 Å². The van der Waals surface area contributed by atoms with Crippen molar-refractivity contribution in [3.05, 3.63) is 0 Å². The predicted octanol–water partition coefficient (Wildman–Crippen LogP) is 1.27. The van der Waals surface area contributed by atoms with E-state index in [4.69, 9.17) is 0 Å². The Kier molecular flexibility index (Phi) is 2.97. The Morgan fingerprint density at radius 1 is 1.45 bits per heavy atom. The molecule has 1 rings (SSSR count). The van der Waals surface area contributed by atoms with Crippen LogP contribution in [0.4, 0.5) is 0 Å². The fourth-order valence-corrected chi connectivity index (χ4v) is 1.73. The molecule has 1 fully saturated rings. The van der Waals surface area contributed by atoms with Gasteiger partial charge in [0.2, 0.25) is 5.91 Å². The minimum Gasteiger partial charge on any atom is -0.359 e. The molecule has 0 aromatic carbocycles. The number of rotatable bonds is 1. The van der Waals surface area contributed by atoms with Crippen LogP contribution in [0.3, 0.4) is 0 Å². The topological polar surface area (TPSA) is 29.1 Å². The van der Waals surface area contributed by atoms with Gasteiger partial charge in [-0.15, -0.1) is 0 Å². The van der Waals surface area contributed by atoms with Crippen LogP contribution in [-0.2, 0) is 4.79 Å². The van der Waals surface area contributed by atoms with E-state index >= 15 is 0 Å². The second-order valence-corrected chi connectivity index (χ2v) is 3.57. The van der Waals surface area contributed by atoms with E-state index in [1.54, 1.807) is 7.05 Å². The van der Waals surface area contributed by atoms with Gasteiger partial charge >= 0.3 is 0 Å². The number of carbonyl (C=O) groups is 1. The van der Waals surface area contributed by atoms with Gasteiger partial charge < -0.3 is 5.32 Å². The molecule has 1 heterocycles. The summed E-state index contributed by atoms with van der Waals surface area (Å²) in [5.41, 5.74) is 0. The quantitative estimate of drug-likeness (QED) is 0.564. The first kappa shape index (κ1) is 8.63. The van der Waals surface area contributed by atoms with E-state index < -0.39 is 0 Å². The minimum atomic E-state index is 0.233. The number of nitrogens with one attached hydrogen (secondary N) is 1. The van der Waals surface area contributed by atoms with Gasteiger partial charge in [-0.3, -0.25) is 4.79 Å². The molecular formula is C8H16BNO. The molecule has 0 bridgehead atoms. The molecule has 0 spiro atoms. The number of hydrogen-bond acceptors (Lipinski definition) is 1. The average molecular weight is 153 g/mol. The summed E-state index contributed by atoms with van der Waals surface area (Å²) < 4.78 is 0. The number of carbonyl (C=O) groups excluding carboxylic acids is 1. The maximum atomic E-state index is 11.2. The zero-order chi connectivity index (χ0) is 8.27. The lowest BCUT2D eigenvalue weighted by Crippen LogP contribution is -2.31. The van der Waals surface area contributed by atoms with Crippen LogP contribution < -0.4 is 5.32 Å². The third kappa shape index (κ3) is 2.24. The molecule has 3 heteroatoms. The lowest BCUT2D eigenvalue weighted by molar-refractivity contribution is -0.124. The van der Waals surface area contributed by atoms with Gasteiger partial charge in [0.25, 0.3) is 0 Å². The second kappa shape index (κ2) is 3.79. The lowest BCUT2D eigenvalue weighted by Gasteiger charge is -2.22. The van der Waals surface area contributed by atoms with Crippen LogP contribution in [0.15, 0.2) is 0 Å². The Labute approximate surface area is 68.8 Å². The fourth-order valence-electron chi connectivity index (χ4n) is 1.73. The van der Waals surface area contributed by atoms with Gasteiger partial charge in [-0.25, -0.2) is 0 Å². The van der Waals surface area contributed by atoms with Gasteiger partial charge in [0.15, 0.2) is 0 Å². The first-order valence-corrected chi connectivity index (χ1v) is 4.45. The maximum Gasteiger partial charge on any atom is 0.222 e. The van der Waals surface area contributed by atoms with E-state index in [1.807, 2.05) is 0 Å². The van der Waals surface area contributed by atoms with E-state index in [1.165, 1.54) is 12.6 Å². The van der Waals surface area contributed by atoms with E-state index in [-0.39, 0.29) is 5.91 Å². The van der Waals surface area contributed by atoms with Crippen molar-refractivity contribution in [1.29, 1.82) is 0 Å². The molecule has 1 amide bonds. The third-order valence-corrected chi connectivity index (χ3v) is 2.63. The lowest BCUT2D eigenvalue weighted by atomic mass is 9.42. The highest BCUT2D eigenvalue weighted by Crippen LogP contribution is 2.24. The van der Waals surface area contributed by atoms with Crippen molar-refractivity contribution in [3.8, 4) is 0 Å². The van der Waals surface area contributed by atoms with Crippen LogP contribution in [0.5, 0.6) is 0 Å². The van der Waals surface area contributed by atoms with Gasteiger partial charge in [0.05, 0.1) is 0 Å². The van der Waals surface area contributed by atoms with E-state index in [0.29, 0.717) is 5.92 Å². The molecule has 0 saturated carbocycles. The summed E-state index contributed by atoms with van der Waals surface area (Å²) in [4.78, 5) is 11.2. The summed E-state index contributed by atoms with van der Waals surface area (Å²) in [6.45, 7) is 3.09. The first-order valence-electron chi connectivity index (χ1n) is 4.45. The largest absolute Gasteiger partial charge is 0.359 e. The van der Waals surface area contributed by atoms with Crippen molar-refractivity contribution in [2.75, 3.05) is 7.05 Å². The van der Waals surface area contributed by atoms with E-state index in [0.717, 1.165) is 19.6 Å². The van der Waals surface area contributed by atoms with Crippen LogP contribution in [0, 0.1) is 5.92 Å². The Balaban J connectivity index is 2.33. The van der Waals surface area contributed by atoms with Gasteiger partial charge in [-0.2, -0.15) is 0 Å². The van der Waals surface area contributed by atoms with Crippen LogP contribution in [0.25, 0.3) is 0 Å². The van der Waals surface area contributed by atoms with Gasteiger partial charge in [0.1, 0.15) is 6.71 Å². The average Bonchev–Trinajstić information content (AvgIpc) is 2.05. The van der Waals surface area contributed by atoms with Gasteiger partial charge in [-0.1, -0.05) is 19.5 Å². The molecule has 2 nitrogen and oxygen atoms in total. The summed E-state index contributed by atoms with van der Waals surface area (Å²) in [5, 5.41) is 2.71. The third-order valence-electron chi connectivity index (χ3n) is 2.63. The van der Waals surface area contributed by atoms with Crippen molar-refractivity contribution in [1.82, 2.24) is 5.32 Å². The van der Waals surface area contributed by atoms with E-state index in [2.05, 4.69) is 12.1 Å². The molecule has 0 aromatic rings. The summed E-state index contributed by atoms with van der Waals surface area (Å²) in [7, 11) is 1.72. The molecule has 0 unspecified atom stereocenters. The van der Waals surface area contributed by atoms with Crippen molar-refractivity contribution in [2.24, 2.45) is 5.92 Å². The highest BCUT2D eigenvalue weighted by Gasteiger charge is 2.24. The van der Waals surface area contributed by atoms with Crippen LogP contribution in [0.1, 0.15) is 12.8 Å². The van der Waals surface area contributed by atoms with Crippen LogP contribution >= 0.6 is 0 Å². The first-order chi connectivity index (χ1) is 5.24. The van der Waals surface area contributed by atoms with Crippen molar-refractivity contribution >= 4 is 12.6 Å². The second-order valence-electron chi connectivity index (χ2n) is 3.57. The molecule has 0 aromatic heterocycles. The van der Waals surface area contributed by atoms with Crippen LogP contribution in [0.2, 0.25) is 19.5 Å². The predicted molar refractivity (Wildman–Crippen MR) is 48.0 cm³/mol. The molecule has 0 atom stereocenters. The summed E-state index contributed by atoms with van der Waals surface area (Å²) in [6.07, 6.45) is 4.61. The molecule has 11 heavy (non-hydrogen) atoms. The van der Waals surface area contributed by atoms with Gasteiger partial charge in [0, 0.05) is 13.0 Å². The zero-order valence-electron chi connectivity index (χ0n) is 7.39. The SMILES string of the molecule is CNC(=O)C1CCB(C)CC1. The molecule has 1 aliphatic rings. The smallest absolute Gasteiger partial charge is 0.222 e. The number of hydrogen-bond donors (Lipinski definition) is 1. The normalized spacial score (nSPS) is 20.0. The summed E-state index contributed by atoms with van der Waals surface area (Å²) in [6, 6.07) is 0. The Morgan fingerprint density at radius 2 is 2.00 bits per heavy atom. The standard InChI is InChI=1S/C8H16BNO/c1-9-5-3-7(4-6-9)8(11)10-2/h7H,3-6H2,1-2H3,(H,10,11). The Morgan fingerprint density at radius 3 is 2.45 bits per heavy atom. The van der Waals surface area contributed by atoms with Crippen molar-refractivity contribution in [3.63, 3.8) is 0 Å². The van der Waals surface area contributed by atoms with Gasteiger partial charge in [-0.05, 0) is 12.8 Å². The molecule has 1 N–H and O–H groups in total. The molecule has 1 saturated heterocycles. The fraction of sp³-hybridized carbons (Fsp3) is 0.875. The number of amides is 1. The van der Waals surface area contributed by atoms with Crippen LogP contribution in [-0.4, -0.2) is 19.7 Å². The Bertz CT molecular complexity index is 141. The summed E-state index contributed by atoms with van der Waals surface area (Å²) in [5.74, 6) is 0.535. The van der Waals surface area contributed by atoms with Crippen molar-refractivity contribution < 1.29 is 4.79 Å². The highest BCUT2D eigenvalue weighted by molar-refractivity contribution is 6.57. The summed E-state index contributed by atoms with van der Waals surface area (Å²) >= 11 is 0. The molecule has 0 radical (unpaired) electrons. The zero-order valence-corrected chi connectivity index (χ0v) is 7.39. The maximum absolute atomic E-state index is 11.2. The monoisotopic (exact) mass is 153 g/mol.